The molecule has 2 aromatic rings. The molecule has 0 aliphatic rings. The SMILES string of the molecule is Cc1cccc(N(NC(=O)c2ccc(Cl)cc2)C(N)=S)c1C. The summed E-state index contributed by atoms with van der Waals surface area (Å²) in [7, 11) is 0. The molecule has 114 valence electrons. The highest BCUT2D eigenvalue weighted by atomic mass is 35.5. The van der Waals surface area contributed by atoms with Gasteiger partial charge in [0.25, 0.3) is 5.91 Å². The molecule has 0 unspecified atom stereocenters. The molecule has 0 heterocycles. The minimum absolute atomic E-state index is 0.0658. The normalized spacial score (nSPS) is 10.1. The van der Waals surface area contributed by atoms with Crippen molar-refractivity contribution < 1.29 is 4.79 Å². The van der Waals surface area contributed by atoms with Gasteiger partial charge in [-0.15, -0.1) is 0 Å². The smallest absolute Gasteiger partial charge is 0.270 e. The molecule has 0 radical (unpaired) electrons. The fraction of sp³-hybridized carbons (Fsp3) is 0.125. The number of hydrazine groups is 1. The van der Waals surface area contributed by atoms with Crippen LogP contribution in [0.4, 0.5) is 5.69 Å². The van der Waals surface area contributed by atoms with Crippen LogP contribution >= 0.6 is 23.8 Å². The Morgan fingerprint density at radius 2 is 1.82 bits per heavy atom. The summed E-state index contributed by atoms with van der Waals surface area (Å²) in [6, 6.07) is 12.3. The number of hydrogen-bond acceptors (Lipinski definition) is 2. The average molecular weight is 334 g/mol. The van der Waals surface area contributed by atoms with E-state index in [1.807, 2.05) is 32.0 Å². The molecule has 6 heteroatoms. The number of nitrogens with one attached hydrogen (secondary N) is 1. The number of carbonyl (C=O) groups excluding carboxylic acids is 1. The molecule has 3 N–H and O–H groups in total. The van der Waals surface area contributed by atoms with Crippen LogP contribution < -0.4 is 16.2 Å². The lowest BCUT2D eigenvalue weighted by molar-refractivity contribution is 0.0955. The predicted molar refractivity (Wildman–Crippen MR) is 94.1 cm³/mol. The first-order valence-corrected chi connectivity index (χ1v) is 7.41. The maximum Gasteiger partial charge on any atom is 0.270 e. The molecular formula is C16H16ClN3OS. The summed E-state index contributed by atoms with van der Waals surface area (Å²) in [5.41, 5.74) is 11.8. The van der Waals surface area contributed by atoms with Gasteiger partial charge in [0, 0.05) is 10.6 Å². The number of thiocarbonyl (C=S) groups is 1. The van der Waals surface area contributed by atoms with Gasteiger partial charge in [0.05, 0.1) is 5.69 Å². The van der Waals surface area contributed by atoms with Crippen molar-refractivity contribution in [3.05, 3.63) is 64.2 Å². The third-order valence-corrected chi connectivity index (χ3v) is 3.79. The monoisotopic (exact) mass is 333 g/mol. The molecule has 0 aromatic heterocycles. The predicted octanol–water partition coefficient (Wildman–Crippen LogP) is 3.35. The zero-order valence-electron chi connectivity index (χ0n) is 12.3. The highest BCUT2D eigenvalue weighted by molar-refractivity contribution is 7.80. The molecule has 2 aromatic carbocycles. The average Bonchev–Trinajstić information content (AvgIpc) is 2.48. The van der Waals surface area contributed by atoms with Crippen molar-refractivity contribution in [1.29, 1.82) is 0 Å². The van der Waals surface area contributed by atoms with Crippen molar-refractivity contribution in [2.45, 2.75) is 13.8 Å². The molecule has 0 spiro atoms. The number of benzene rings is 2. The Morgan fingerprint density at radius 1 is 1.18 bits per heavy atom. The third kappa shape index (κ3) is 3.55. The molecule has 0 saturated heterocycles. The molecule has 22 heavy (non-hydrogen) atoms. The Labute approximate surface area is 139 Å². The zero-order valence-corrected chi connectivity index (χ0v) is 13.8. The maximum absolute atomic E-state index is 12.3. The van der Waals surface area contributed by atoms with E-state index in [0.717, 1.165) is 16.8 Å². The van der Waals surface area contributed by atoms with E-state index in [4.69, 9.17) is 29.6 Å². The lowest BCUT2D eigenvalue weighted by Crippen LogP contribution is -2.49. The van der Waals surface area contributed by atoms with Gasteiger partial charge < -0.3 is 5.73 Å². The van der Waals surface area contributed by atoms with E-state index in [0.29, 0.717) is 10.6 Å². The van der Waals surface area contributed by atoms with Crippen LogP contribution in [-0.4, -0.2) is 11.0 Å². The first-order valence-electron chi connectivity index (χ1n) is 6.62. The Balaban J connectivity index is 2.30. The lowest BCUT2D eigenvalue weighted by atomic mass is 10.1. The van der Waals surface area contributed by atoms with Gasteiger partial charge in [-0.2, -0.15) is 0 Å². The molecule has 4 nitrogen and oxygen atoms in total. The molecule has 0 atom stereocenters. The zero-order chi connectivity index (χ0) is 16.3. The quantitative estimate of drug-likeness (QED) is 0.653. The third-order valence-electron chi connectivity index (χ3n) is 3.36. The number of halogens is 1. The molecule has 2 rings (SSSR count). The topological polar surface area (TPSA) is 58.4 Å². The van der Waals surface area contributed by atoms with Crippen molar-refractivity contribution in [1.82, 2.24) is 5.43 Å². The summed E-state index contributed by atoms with van der Waals surface area (Å²) in [5, 5.41) is 2.04. The highest BCUT2D eigenvalue weighted by Gasteiger charge is 2.16. The molecule has 0 fully saturated rings. The van der Waals surface area contributed by atoms with Gasteiger partial charge in [0.15, 0.2) is 5.11 Å². The molecule has 0 aliphatic heterocycles. The van der Waals surface area contributed by atoms with Crippen LogP contribution in [0, 0.1) is 13.8 Å². The Kier molecular flexibility index (Phi) is 5.00. The number of hydrogen-bond donors (Lipinski definition) is 2. The minimum atomic E-state index is -0.314. The molecule has 0 aliphatic carbocycles. The second-order valence-electron chi connectivity index (χ2n) is 4.84. The number of nitrogens with two attached hydrogens (primary N) is 1. The molecular weight excluding hydrogens is 318 g/mol. The van der Waals surface area contributed by atoms with Crippen LogP contribution in [0.3, 0.4) is 0 Å². The van der Waals surface area contributed by atoms with Gasteiger partial charge in [-0.1, -0.05) is 23.7 Å². The van der Waals surface area contributed by atoms with Crippen LogP contribution in [0.25, 0.3) is 0 Å². The number of amides is 1. The minimum Gasteiger partial charge on any atom is -0.374 e. The first-order chi connectivity index (χ1) is 10.4. The van der Waals surface area contributed by atoms with Gasteiger partial charge in [-0.3, -0.25) is 10.2 Å². The van der Waals surface area contributed by atoms with E-state index in [1.165, 1.54) is 5.01 Å². The van der Waals surface area contributed by atoms with Crippen molar-refractivity contribution in [3.8, 4) is 0 Å². The second-order valence-corrected chi connectivity index (χ2v) is 5.70. The Bertz CT molecular complexity index is 716. The number of nitrogens with zero attached hydrogens (tertiary/aromatic N) is 1. The van der Waals surface area contributed by atoms with Crippen molar-refractivity contribution >= 4 is 40.5 Å². The van der Waals surface area contributed by atoms with E-state index >= 15 is 0 Å². The summed E-state index contributed by atoms with van der Waals surface area (Å²) in [6.45, 7) is 3.93. The standard InChI is InChI=1S/C16H16ClN3OS/c1-10-4-3-5-14(11(10)2)20(16(18)22)19-15(21)12-6-8-13(17)9-7-12/h3-9H,1-2H3,(H2,18,22)(H,19,21). The van der Waals surface area contributed by atoms with E-state index in [1.54, 1.807) is 24.3 Å². The van der Waals surface area contributed by atoms with E-state index in [9.17, 15) is 4.79 Å². The van der Waals surface area contributed by atoms with Crippen LogP contribution in [0.1, 0.15) is 21.5 Å². The maximum atomic E-state index is 12.3. The van der Waals surface area contributed by atoms with Gasteiger partial charge in [0.2, 0.25) is 0 Å². The number of rotatable bonds is 2. The Morgan fingerprint density at radius 3 is 2.41 bits per heavy atom. The Hall–Kier alpha value is -2.11. The fourth-order valence-corrected chi connectivity index (χ4v) is 2.25. The first kappa shape index (κ1) is 16.3. The van der Waals surface area contributed by atoms with Crippen LogP contribution in [-0.2, 0) is 0 Å². The van der Waals surface area contributed by atoms with Crippen LogP contribution in [0.2, 0.25) is 5.02 Å². The summed E-state index contributed by atoms with van der Waals surface area (Å²) in [6.07, 6.45) is 0. The van der Waals surface area contributed by atoms with Crippen molar-refractivity contribution in [3.63, 3.8) is 0 Å². The summed E-state index contributed by atoms with van der Waals surface area (Å²) in [5.74, 6) is -0.314. The number of carbonyl (C=O) groups is 1. The van der Waals surface area contributed by atoms with Gasteiger partial charge in [0.1, 0.15) is 0 Å². The lowest BCUT2D eigenvalue weighted by Gasteiger charge is -2.25. The van der Waals surface area contributed by atoms with E-state index in [2.05, 4.69) is 5.43 Å². The van der Waals surface area contributed by atoms with E-state index < -0.39 is 0 Å². The number of aryl methyl sites for hydroxylation is 1. The second kappa shape index (κ2) is 6.77. The summed E-state index contributed by atoms with van der Waals surface area (Å²) in [4.78, 5) is 12.3. The van der Waals surface area contributed by atoms with Gasteiger partial charge in [-0.25, -0.2) is 5.01 Å². The molecule has 0 bridgehead atoms. The van der Waals surface area contributed by atoms with Gasteiger partial charge >= 0.3 is 0 Å². The van der Waals surface area contributed by atoms with Crippen molar-refractivity contribution in [2.24, 2.45) is 5.73 Å². The highest BCUT2D eigenvalue weighted by Crippen LogP contribution is 2.21. The molecule has 0 saturated carbocycles. The largest absolute Gasteiger partial charge is 0.374 e. The molecule has 1 amide bonds. The van der Waals surface area contributed by atoms with E-state index in [-0.39, 0.29) is 11.0 Å². The van der Waals surface area contributed by atoms with Crippen LogP contribution in [0.15, 0.2) is 42.5 Å². The fourth-order valence-electron chi connectivity index (χ4n) is 1.98. The van der Waals surface area contributed by atoms with Crippen molar-refractivity contribution in [2.75, 3.05) is 5.01 Å². The van der Waals surface area contributed by atoms with Crippen LogP contribution in [0.5, 0.6) is 0 Å². The van der Waals surface area contributed by atoms with Gasteiger partial charge in [-0.05, 0) is 67.5 Å². The summed E-state index contributed by atoms with van der Waals surface area (Å²) >= 11 is 10.9. The number of anilines is 1. The summed E-state index contributed by atoms with van der Waals surface area (Å²) < 4.78 is 0.